The van der Waals surface area contributed by atoms with Crippen LogP contribution in [0.15, 0.2) is 24.5 Å². The summed E-state index contributed by atoms with van der Waals surface area (Å²) in [6.45, 7) is 2.69. The molecular weight excluding hydrogens is 337 g/mol. The number of nitrogens with zero attached hydrogens (tertiary/aromatic N) is 5. The molecule has 2 aromatic heterocycles. The summed E-state index contributed by atoms with van der Waals surface area (Å²) in [7, 11) is 1.58. The number of aromatic nitrogens is 4. The second-order valence-corrected chi connectivity index (χ2v) is 5.68. The summed E-state index contributed by atoms with van der Waals surface area (Å²) in [5.74, 6) is 0.645. The molecule has 134 valence electrons. The van der Waals surface area contributed by atoms with Gasteiger partial charge in [-0.15, -0.1) is 0 Å². The van der Waals surface area contributed by atoms with Crippen molar-refractivity contribution in [3.63, 3.8) is 0 Å². The van der Waals surface area contributed by atoms with E-state index in [2.05, 4.69) is 20.3 Å². The van der Waals surface area contributed by atoms with Gasteiger partial charge < -0.3 is 20.4 Å². The molecule has 1 atom stereocenters. The number of nitrogens with one attached hydrogen (secondary N) is 1. The van der Waals surface area contributed by atoms with Crippen molar-refractivity contribution in [2.24, 2.45) is 0 Å². The average molecular weight is 355 g/mol. The van der Waals surface area contributed by atoms with E-state index in [1.54, 1.807) is 23.8 Å². The highest BCUT2D eigenvalue weighted by atomic mass is 19.1. The smallest absolute Gasteiger partial charge is 0.150 e. The molecule has 3 N–H and O–H groups in total. The molecule has 0 radical (unpaired) electrons. The lowest BCUT2D eigenvalue weighted by molar-refractivity contribution is 0.187. The number of methoxy groups -OCH3 is 1. The van der Waals surface area contributed by atoms with Crippen LogP contribution in [0.5, 0.6) is 0 Å². The SMILES string of the molecule is COCCn1c([C@H](C)Nc2ncnc(N)c2C#N)nc2cccc(F)c21. The zero-order chi connectivity index (χ0) is 18.7. The Morgan fingerprint density at radius 3 is 2.96 bits per heavy atom. The highest BCUT2D eigenvalue weighted by molar-refractivity contribution is 5.77. The van der Waals surface area contributed by atoms with Crippen molar-refractivity contribution in [3.8, 4) is 6.07 Å². The van der Waals surface area contributed by atoms with Gasteiger partial charge in [-0.2, -0.15) is 5.26 Å². The lowest BCUT2D eigenvalue weighted by atomic mass is 10.2. The molecule has 3 aromatic rings. The third kappa shape index (κ3) is 3.14. The number of hydrogen-bond donors (Lipinski definition) is 2. The van der Waals surface area contributed by atoms with E-state index in [1.807, 2.05) is 13.0 Å². The maximum absolute atomic E-state index is 14.3. The first-order valence-electron chi connectivity index (χ1n) is 7.97. The summed E-state index contributed by atoms with van der Waals surface area (Å²) in [6.07, 6.45) is 1.28. The van der Waals surface area contributed by atoms with Crippen molar-refractivity contribution >= 4 is 22.7 Å². The summed E-state index contributed by atoms with van der Waals surface area (Å²) >= 11 is 0. The molecule has 0 amide bonds. The van der Waals surface area contributed by atoms with Crippen LogP contribution < -0.4 is 11.1 Å². The number of nitrogens with two attached hydrogens (primary N) is 1. The molecule has 0 saturated heterocycles. The van der Waals surface area contributed by atoms with Crippen LogP contribution in [-0.2, 0) is 11.3 Å². The van der Waals surface area contributed by atoms with Gasteiger partial charge >= 0.3 is 0 Å². The standard InChI is InChI=1S/C17H18FN7O/c1-10(23-16-11(8-19)15(20)21-9-22-16)17-24-13-5-3-4-12(18)14(13)25(17)6-7-26-2/h3-5,9-10H,6-7H2,1-2H3,(H3,20,21,22,23)/t10-/m0/s1. The maximum atomic E-state index is 14.3. The molecule has 26 heavy (non-hydrogen) atoms. The summed E-state index contributed by atoms with van der Waals surface area (Å²) < 4.78 is 21.3. The lowest BCUT2D eigenvalue weighted by Crippen LogP contribution is -2.17. The van der Waals surface area contributed by atoms with E-state index in [9.17, 15) is 9.65 Å². The molecule has 9 heteroatoms. The Morgan fingerprint density at radius 1 is 1.42 bits per heavy atom. The third-order valence-corrected chi connectivity index (χ3v) is 3.99. The minimum absolute atomic E-state index is 0.0936. The van der Waals surface area contributed by atoms with Crippen LogP contribution in [-0.4, -0.2) is 33.2 Å². The quantitative estimate of drug-likeness (QED) is 0.697. The number of nitriles is 1. The van der Waals surface area contributed by atoms with Crippen molar-refractivity contribution in [3.05, 3.63) is 41.7 Å². The van der Waals surface area contributed by atoms with Gasteiger partial charge in [0.2, 0.25) is 0 Å². The normalized spacial score (nSPS) is 12.1. The summed E-state index contributed by atoms with van der Waals surface area (Å²) in [4.78, 5) is 12.4. The molecule has 0 unspecified atom stereocenters. The first kappa shape index (κ1) is 17.6. The summed E-state index contributed by atoms with van der Waals surface area (Å²) in [5.41, 5.74) is 6.84. The van der Waals surface area contributed by atoms with Crippen LogP contribution in [0.3, 0.4) is 0 Å². The Kier molecular flexibility index (Phi) is 4.95. The Labute approximate surface area is 149 Å². The highest BCUT2D eigenvalue weighted by Crippen LogP contribution is 2.26. The molecule has 2 heterocycles. The fourth-order valence-corrected chi connectivity index (χ4v) is 2.79. The Bertz CT molecular complexity index is 979. The molecule has 3 rings (SSSR count). The van der Waals surface area contributed by atoms with Gasteiger partial charge in [0.1, 0.15) is 46.8 Å². The van der Waals surface area contributed by atoms with Gasteiger partial charge in [-0.25, -0.2) is 19.3 Å². The van der Waals surface area contributed by atoms with Gasteiger partial charge in [0.05, 0.1) is 18.2 Å². The molecule has 8 nitrogen and oxygen atoms in total. The van der Waals surface area contributed by atoms with Crippen molar-refractivity contribution < 1.29 is 9.13 Å². The number of hydrogen-bond acceptors (Lipinski definition) is 7. The Morgan fingerprint density at radius 2 is 2.23 bits per heavy atom. The number of para-hydroxylation sites is 1. The zero-order valence-electron chi connectivity index (χ0n) is 14.4. The largest absolute Gasteiger partial charge is 0.383 e. The molecular formula is C17H18FN7O. The number of imidazole rings is 1. The minimum Gasteiger partial charge on any atom is -0.383 e. The van der Waals surface area contributed by atoms with Crippen molar-refractivity contribution in [2.45, 2.75) is 19.5 Å². The number of benzene rings is 1. The van der Waals surface area contributed by atoms with Gasteiger partial charge in [-0.05, 0) is 19.1 Å². The van der Waals surface area contributed by atoms with Gasteiger partial charge in [0.25, 0.3) is 0 Å². The topological polar surface area (TPSA) is 115 Å². The van der Waals surface area contributed by atoms with Crippen LogP contribution in [0.4, 0.5) is 16.0 Å². The molecule has 0 bridgehead atoms. The number of anilines is 2. The fraction of sp³-hybridized carbons (Fsp3) is 0.294. The van der Waals surface area contributed by atoms with E-state index in [0.29, 0.717) is 35.8 Å². The molecule has 0 aliphatic rings. The van der Waals surface area contributed by atoms with E-state index in [4.69, 9.17) is 10.5 Å². The number of rotatable bonds is 6. The molecule has 0 aliphatic carbocycles. The van der Waals surface area contributed by atoms with Crippen molar-refractivity contribution in [1.82, 2.24) is 19.5 Å². The summed E-state index contributed by atoms with van der Waals surface area (Å²) in [6, 6.07) is 6.39. The molecule has 0 fully saturated rings. The van der Waals surface area contributed by atoms with E-state index < -0.39 is 0 Å². The van der Waals surface area contributed by atoms with E-state index in [1.165, 1.54) is 12.4 Å². The Hall–Kier alpha value is -3.25. The Balaban J connectivity index is 2.03. The maximum Gasteiger partial charge on any atom is 0.150 e. The second-order valence-electron chi connectivity index (χ2n) is 5.68. The molecule has 1 aromatic carbocycles. The van der Waals surface area contributed by atoms with Gasteiger partial charge in [0, 0.05) is 13.7 Å². The second kappa shape index (κ2) is 7.33. The van der Waals surface area contributed by atoms with Crippen molar-refractivity contribution in [1.29, 1.82) is 5.26 Å². The van der Waals surface area contributed by atoms with E-state index >= 15 is 0 Å². The van der Waals surface area contributed by atoms with Crippen LogP contribution in [0.2, 0.25) is 0 Å². The zero-order valence-corrected chi connectivity index (χ0v) is 14.4. The van der Waals surface area contributed by atoms with E-state index in [0.717, 1.165) is 0 Å². The van der Waals surface area contributed by atoms with Crippen LogP contribution in [0, 0.1) is 17.1 Å². The van der Waals surface area contributed by atoms with E-state index in [-0.39, 0.29) is 23.2 Å². The first-order chi connectivity index (χ1) is 12.6. The predicted molar refractivity (Wildman–Crippen MR) is 94.8 cm³/mol. The predicted octanol–water partition coefficient (Wildman–Crippen LogP) is 2.24. The molecule has 0 aliphatic heterocycles. The fourth-order valence-electron chi connectivity index (χ4n) is 2.79. The number of fused-ring (bicyclic) bond motifs is 1. The van der Waals surface area contributed by atoms with Crippen molar-refractivity contribution in [2.75, 3.05) is 24.8 Å². The molecule has 0 spiro atoms. The van der Waals surface area contributed by atoms with Crippen LogP contribution in [0.25, 0.3) is 11.0 Å². The van der Waals surface area contributed by atoms with Gasteiger partial charge in [0.15, 0.2) is 0 Å². The van der Waals surface area contributed by atoms with Crippen LogP contribution in [0.1, 0.15) is 24.4 Å². The van der Waals surface area contributed by atoms with Gasteiger partial charge in [-0.3, -0.25) is 0 Å². The third-order valence-electron chi connectivity index (χ3n) is 3.99. The van der Waals surface area contributed by atoms with Gasteiger partial charge in [-0.1, -0.05) is 6.07 Å². The highest BCUT2D eigenvalue weighted by Gasteiger charge is 2.20. The minimum atomic E-state index is -0.361. The first-order valence-corrected chi connectivity index (χ1v) is 7.97. The summed E-state index contributed by atoms with van der Waals surface area (Å²) in [5, 5.41) is 12.4. The van der Waals surface area contributed by atoms with Crippen LogP contribution >= 0.6 is 0 Å². The average Bonchev–Trinajstić information content (AvgIpc) is 3.00. The molecule has 0 saturated carbocycles. The number of nitrogen functional groups attached to an aromatic ring is 1. The number of ether oxygens (including phenoxy) is 1. The number of halogens is 1. The monoisotopic (exact) mass is 355 g/mol. The lowest BCUT2D eigenvalue weighted by Gasteiger charge is -2.17.